The summed E-state index contributed by atoms with van der Waals surface area (Å²) >= 11 is 0. The van der Waals surface area contributed by atoms with Crippen molar-refractivity contribution in [2.75, 3.05) is 0 Å². The van der Waals surface area contributed by atoms with Gasteiger partial charge in [-0.3, -0.25) is 0 Å². The molecule has 0 amide bonds. The Balaban J connectivity index is 0. The summed E-state index contributed by atoms with van der Waals surface area (Å²) in [6.45, 7) is 0. The summed E-state index contributed by atoms with van der Waals surface area (Å²) in [5.41, 5.74) is 0. The summed E-state index contributed by atoms with van der Waals surface area (Å²) in [5, 5.41) is 0. The van der Waals surface area contributed by atoms with Crippen LogP contribution in [0.15, 0.2) is 0 Å². The maximum atomic E-state index is 0. The van der Waals surface area contributed by atoms with Crippen LogP contribution in [0, 0.1) is 0 Å². The topological polar surface area (TPSA) is 126 Å². The van der Waals surface area contributed by atoms with Crippen molar-refractivity contribution in [1.29, 1.82) is 0 Å². The van der Waals surface area contributed by atoms with Gasteiger partial charge < -0.3 is 21.9 Å². The first-order valence-corrected chi connectivity index (χ1v) is 0. The van der Waals surface area contributed by atoms with Gasteiger partial charge in [0, 0.05) is 38.8 Å². The Kier molecular flexibility index (Phi) is 2030. The van der Waals surface area contributed by atoms with Crippen LogP contribution in [0.25, 0.3) is 0 Å². The van der Waals surface area contributed by atoms with Gasteiger partial charge in [0.2, 0.25) is 0 Å². The molecule has 0 rings (SSSR count). The van der Waals surface area contributed by atoms with Gasteiger partial charge in [0.1, 0.15) is 0 Å². The largest absolute Gasteiger partial charge is 0 e. The van der Waals surface area contributed by atoms with Crippen LogP contribution in [0.3, 0.4) is 0 Å². The van der Waals surface area contributed by atoms with E-state index in [9.17, 15) is 0 Å². The molecule has 49 valence electrons. The smallest absolute Gasteiger partial charge is 0 e. The van der Waals surface area contributed by atoms with E-state index in [1.807, 2.05) is 0 Å². The minimum atomic E-state index is 0. The van der Waals surface area contributed by atoms with Gasteiger partial charge in [-0.15, -0.1) is 0 Å². The molecule has 0 unspecified atom stereocenters. The molecule has 0 aliphatic rings. The second kappa shape index (κ2) is 98.2. The average molecular weight is 384 g/mol. The second-order valence-electron chi connectivity index (χ2n) is 0. The molecule has 7 heteroatoms. The molecular formula is H10MnO4PbTi. The van der Waals surface area contributed by atoms with Crippen molar-refractivity contribution < 1.29 is 60.7 Å². The minimum Gasteiger partial charge on any atom is 0 e. The van der Waals surface area contributed by atoms with Crippen molar-refractivity contribution >= 4 is 27.3 Å². The summed E-state index contributed by atoms with van der Waals surface area (Å²) < 4.78 is 0. The van der Waals surface area contributed by atoms with Crippen molar-refractivity contribution in [3.05, 3.63) is 0 Å². The maximum Gasteiger partial charge on any atom is 0 e. The molecule has 0 aromatic heterocycles. The zero-order valence-electron chi connectivity index (χ0n) is 3.59. The first-order valence-electron chi connectivity index (χ1n) is 0. The van der Waals surface area contributed by atoms with Crippen molar-refractivity contribution in [3.63, 3.8) is 0 Å². The Morgan fingerprint density at radius 2 is 0.571 bits per heavy atom. The van der Waals surface area contributed by atoms with Gasteiger partial charge in [0.05, 0.1) is 0 Å². The molecule has 0 aromatic carbocycles. The van der Waals surface area contributed by atoms with E-state index in [-0.39, 0.29) is 88.0 Å². The van der Waals surface area contributed by atoms with Gasteiger partial charge in [-0.25, -0.2) is 0 Å². The van der Waals surface area contributed by atoms with Crippen LogP contribution in [0.5, 0.6) is 0 Å². The summed E-state index contributed by atoms with van der Waals surface area (Å²) in [4.78, 5) is 0. The van der Waals surface area contributed by atoms with Crippen LogP contribution in [-0.4, -0.2) is 49.2 Å². The first kappa shape index (κ1) is 144. The number of rotatable bonds is 0. The van der Waals surface area contributed by atoms with Crippen LogP contribution in [-0.2, 0) is 38.8 Å². The van der Waals surface area contributed by atoms with Crippen LogP contribution in [0.4, 0.5) is 0 Å². The van der Waals surface area contributed by atoms with E-state index in [1.54, 1.807) is 0 Å². The molecular weight excluding hydrogens is 374 g/mol. The first-order chi connectivity index (χ1) is 0. The van der Waals surface area contributed by atoms with Crippen LogP contribution >= 0.6 is 0 Å². The van der Waals surface area contributed by atoms with Crippen molar-refractivity contribution in [2.45, 2.75) is 0 Å². The monoisotopic (exact) mass is 385 g/mol. The molecule has 0 bridgehead atoms. The average Bonchev–Trinajstić information content (AvgIpc) is 0. The standard InChI is InChI=1S/Mn.4H2O.Pb.Ti.2H/h;4*1H2;;;;. The molecule has 7 heavy (non-hydrogen) atoms. The molecule has 0 heterocycles. The molecule has 0 spiro atoms. The third-order valence-corrected chi connectivity index (χ3v) is 0. The van der Waals surface area contributed by atoms with E-state index in [2.05, 4.69) is 0 Å². The van der Waals surface area contributed by atoms with E-state index in [0.29, 0.717) is 0 Å². The van der Waals surface area contributed by atoms with Gasteiger partial charge in [-0.05, 0) is 0 Å². The SMILES string of the molecule is O.O.O.O.[Mn].[PbH2].[Ti]. The van der Waals surface area contributed by atoms with Gasteiger partial charge in [-0.2, -0.15) is 0 Å². The van der Waals surface area contributed by atoms with E-state index < -0.39 is 0 Å². The fraction of sp³-hybridized carbons (Fsp3) is 0. The van der Waals surface area contributed by atoms with Gasteiger partial charge in [0.25, 0.3) is 0 Å². The Morgan fingerprint density at radius 1 is 0.571 bits per heavy atom. The molecule has 3 radical (unpaired) electrons. The van der Waals surface area contributed by atoms with Crippen molar-refractivity contribution in [2.24, 2.45) is 0 Å². The molecule has 0 aliphatic carbocycles. The zero-order valence-corrected chi connectivity index (χ0v) is 11.8. The molecule has 0 aliphatic heterocycles. The van der Waals surface area contributed by atoms with E-state index in [1.165, 1.54) is 0 Å². The molecule has 4 nitrogen and oxygen atoms in total. The van der Waals surface area contributed by atoms with Gasteiger partial charge in [0.15, 0.2) is 0 Å². The molecule has 0 fully saturated rings. The maximum absolute atomic E-state index is 0. The summed E-state index contributed by atoms with van der Waals surface area (Å²) in [7, 11) is 0. The fourth-order valence-corrected chi connectivity index (χ4v) is 0. The third-order valence-electron chi connectivity index (χ3n) is 0. The van der Waals surface area contributed by atoms with Crippen LogP contribution in [0.2, 0.25) is 0 Å². The summed E-state index contributed by atoms with van der Waals surface area (Å²) in [5.74, 6) is 0. The predicted octanol–water partition coefficient (Wildman–Crippen LogP) is -4.22. The number of hydrogen-bond acceptors (Lipinski definition) is 0. The minimum absolute atomic E-state index is 0. The second-order valence-corrected chi connectivity index (χ2v) is 0. The molecule has 0 aromatic rings. The van der Waals surface area contributed by atoms with E-state index in [4.69, 9.17) is 0 Å². The van der Waals surface area contributed by atoms with Gasteiger partial charge >= 0.3 is 27.3 Å². The van der Waals surface area contributed by atoms with Gasteiger partial charge in [-0.1, -0.05) is 0 Å². The van der Waals surface area contributed by atoms with Crippen LogP contribution < -0.4 is 0 Å². The quantitative estimate of drug-likeness (QED) is 0.376. The number of hydrogen-bond donors (Lipinski definition) is 0. The third kappa shape index (κ3) is 72.2. The van der Waals surface area contributed by atoms with E-state index >= 15 is 0 Å². The van der Waals surface area contributed by atoms with Crippen molar-refractivity contribution in [1.82, 2.24) is 0 Å². The van der Waals surface area contributed by atoms with Crippen LogP contribution in [0.1, 0.15) is 0 Å². The predicted molar refractivity (Wildman–Crippen MR) is 23.0 cm³/mol. The Labute approximate surface area is 87.2 Å². The Morgan fingerprint density at radius 3 is 0.571 bits per heavy atom. The Hall–Kier alpha value is 2.00. The van der Waals surface area contributed by atoms with Crippen molar-refractivity contribution in [3.8, 4) is 0 Å². The summed E-state index contributed by atoms with van der Waals surface area (Å²) in [6.07, 6.45) is 0. The fourth-order valence-electron chi connectivity index (χ4n) is 0. The Bertz CT molecular complexity index is 11.7. The molecule has 0 saturated carbocycles. The molecule has 8 N–H and O–H groups in total. The van der Waals surface area contributed by atoms with E-state index in [0.717, 1.165) is 0 Å². The summed E-state index contributed by atoms with van der Waals surface area (Å²) in [6, 6.07) is 0. The normalized spacial score (nSPS) is 0. The molecule has 0 atom stereocenters. The zero-order chi connectivity index (χ0) is 0. The molecule has 0 saturated heterocycles.